The molecule has 0 aromatic carbocycles. The molecule has 4 nitrogen and oxygen atoms in total. The molecule has 1 aromatic rings. The number of aryl methyl sites for hydroxylation is 1. The molecule has 0 amide bonds. The number of hydrogen-bond donors (Lipinski definition) is 0. The van der Waals surface area contributed by atoms with Crippen molar-refractivity contribution in [2.75, 3.05) is 20.2 Å². The first-order valence-electron chi connectivity index (χ1n) is 6.63. The number of likely N-dealkylation sites (tertiary alicyclic amines) is 1. The van der Waals surface area contributed by atoms with Crippen LogP contribution in [0.3, 0.4) is 0 Å². The second-order valence-electron chi connectivity index (χ2n) is 5.09. The molecule has 0 aliphatic carbocycles. The van der Waals surface area contributed by atoms with Gasteiger partial charge in [0, 0.05) is 22.8 Å². The van der Waals surface area contributed by atoms with Crippen molar-refractivity contribution in [1.29, 1.82) is 0 Å². The number of hydrogen-bond acceptors (Lipinski definition) is 4. The molecule has 1 saturated heterocycles. The summed E-state index contributed by atoms with van der Waals surface area (Å²) in [6, 6.07) is 1.82. The van der Waals surface area contributed by atoms with Crippen molar-refractivity contribution in [3.8, 4) is 0 Å². The highest BCUT2D eigenvalue weighted by Gasteiger charge is 2.26. The number of nitrogens with zero attached hydrogens (tertiary/aromatic N) is 2. The van der Waals surface area contributed by atoms with E-state index in [1.807, 2.05) is 13.0 Å². The summed E-state index contributed by atoms with van der Waals surface area (Å²) in [5.41, 5.74) is 1.67. The van der Waals surface area contributed by atoms with Crippen LogP contribution in [0.2, 0.25) is 10.2 Å². The number of esters is 1. The Morgan fingerprint density at radius 3 is 2.65 bits per heavy atom. The SMILES string of the molecule is COC(=O)C1CCN(Cc2c(Cl)cc(C)nc2Cl)CC1. The first kappa shape index (κ1) is 15.5. The van der Waals surface area contributed by atoms with Gasteiger partial charge in [0.2, 0.25) is 0 Å². The van der Waals surface area contributed by atoms with Crippen LogP contribution in [0.4, 0.5) is 0 Å². The Morgan fingerprint density at radius 2 is 2.10 bits per heavy atom. The summed E-state index contributed by atoms with van der Waals surface area (Å²) in [4.78, 5) is 18.0. The summed E-state index contributed by atoms with van der Waals surface area (Å²) in [7, 11) is 1.44. The van der Waals surface area contributed by atoms with E-state index in [0.29, 0.717) is 16.7 Å². The molecule has 0 radical (unpaired) electrons. The molecule has 0 N–H and O–H groups in total. The first-order valence-corrected chi connectivity index (χ1v) is 7.38. The number of methoxy groups -OCH3 is 1. The van der Waals surface area contributed by atoms with Gasteiger partial charge in [-0.15, -0.1) is 0 Å². The van der Waals surface area contributed by atoms with Gasteiger partial charge in [0.05, 0.1) is 13.0 Å². The summed E-state index contributed by atoms with van der Waals surface area (Å²) in [5, 5.41) is 1.11. The van der Waals surface area contributed by atoms with E-state index in [-0.39, 0.29) is 11.9 Å². The van der Waals surface area contributed by atoms with Gasteiger partial charge in [-0.2, -0.15) is 0 Å². The Morgan fingerprint density at radius 1 is 1.45 bits per heavy atom. The van der Waals surface area contributed by atoms with Crippen molar-refractivity contribution in [2.24, 2.45) is 5.92 Å². The molecular formula is C14H18Cl2N2O2. The van der Waals surface area contributed by atoms with Crippen molar-refractivity contribution in [3.63, 3.8) is 0 Å². The number of ether oxygens (including phenoxy) is 1. The van der Waals surface area contributed by atoms with E-state index in [2.05, 4.69) is 9.88 Å². The second kappa shape index (κ2) is 6.74. The zero-order chi connectivity index (χ0) is 14.7. The number of rotatable bonds is 3. The van der Waals surface area contributed by atoms with Gasteiger partial charge in [-0.25, -0.2) is 4.98 Å². The predicted molar refractivity (Wildman–Crippen MR) is 79.0 cm³/mol. The lowest BCUT2D eigenvalue weighted by Crippen LogP contribution is -2.36. The molecule has 1 fully saturated rings. The van der Waals surface area contributed by atoms with E-state index >= 15 is 0 Å². The number of carbonyl (C=O) groups is 1. The average molecular weight is 317 g/mol. The smallest absolute Gasteiger partial charge is 0.308 e. The largest absolute Gasteiger partial charge is 0.469 e. The molecule has 1 aliphatic rings. The maximum Gasteiger partial charge on any atom is 0.308 e. The van der Waals surface area contributed by atoms with Gasteiger partial charge in [0.1, 0.15) is 5.15 Å². The number of piperidine rings is 1. The summed E-state index contributed by atoms with van der Waals surface area (Å²) in [5.74, 6) is -0.101. The topological polar surface area (TPSA) is 42.4 Å². The van der Waals surface area contributed by atoms with Crippen LogP contribution in [0.15, 0.2) is 6.07 Å². The van der Waals surface area contributed by atoms with Crippen LogP contribution >= 0.6 is 23.2 Å². The minimum Gasteiger partial charge on any atom is -0.469 e. The molecule has 110 valence electrons. The third kappa shape index (κ3) is 3.62. The van der Waals surface area contributed by atoms with Crippen molar-refractivity contribution >= 4 is 29.2 Å². The summed E-state index contributed by atoms with van der Waals surface area (Å²) in [6.07, 6.45) is 1.61. The normalized spacial score (nSPS) is 17.2. The lowest BCUT2D eigenvalue weighted by atomic mass is 9.97. The van der Waals surface area contributed by atoms with Gasteiger partial charge in [-0.05, 0) is 38.9 Å². The van der Waals surface area contributed by atoms with Gasteiger partial charge in [-0.1, -0.05) is 23.2 Å². The number of carbonyl (C=O) groups excluding carboxylic acids is 1. The Hall–Kier alpha value is -0.840. The fourth-order valence-corrected chi connectivity index (χ4v) is 3.13. The molecule has 20 heavy (non-hydrogen) atoms. The molecule has 0 spiro atoms. The Balaban J connectivity index is 1.98. The molecule has 6 heteroatoms. The third-order valence-electron chi connectivity index (χ3n) is 3.65. The number of aromatic nitrogens is 1. The average Bonchev–Trinajstić information content (AvgIpc) is 2.42. The maximum absolute atomic E-state index is 11.5. The number of pyridine rings is 1. The highest BCUT2D eigenvalue weighted by molar-refractivity contribution is 6.35. The fraction of sp³-hybridized carbons (Fsp3) is 0.571. The quantitative estimate of drug-likeness (QED) is 0.635. The Bertz CT molecular complexity index is 477. The van der Waals surface area contributed by atoms with Gasteiger partial charge in [0.15, 0.2) is 0 Å². The molecule has 0 atom stereocenters. The van der Waals surface area contributed by atoms with Crippen molar-refractivity contribution in [3.05, 3.63) is 27.5 Å². The maximum atomic E-state index is 11.5. The molecule has 0 bridgehead atoms. The zero-order valence-electron chi connectivity index (χ0n) is 11.7. The summed E-state index contributed by atoms with van der Waals surface area (Å²) < 4.78 is 4.78. The molecule has 0 saturated carbocycles. The standard InChI is InChI=1S/C14H18Cl2N2O2/c1-9-7-12(15)11(13(16)17-9)8-18-5-3-10(4-6-18)14(19)20-2/h7,10H,3-6,8H2,1-2H3. The first-order chi connectivity index (χ1) is 9.51. The third-order valence-corrected chi connectivity index (χ3v) is 4.30. The van der Waals surface area contributed by atoms with Gasteiger partial charge >= 0.3 is 5.97 Å². The molecule has 1 aromatic heterocycles. The Kier molecular flexibility index (Phi) is 5.24. The molecule has 2 rings (SSSR count). The van der Waals surface area contributed by atoms with E-state index in [0.717, 1.165) is 37.2 Å². The molecule has 1 aliphatic heterocycles. The van der Waals surface area contributed by atoms with Crippen LogP contribution in [0.1, 0.15) is 24.1 Å². The van der Waals surface area contributed by atoms with E-state index in [9.17, 15) is 4.79 Å². The van der Waals surface area contributed by atoms with Crippen LogP contribution in [0.5, 0.6) is 0 Å². The van der Waals surface area contributed by atoms with Gasteiger partial charge in [0.25, 0.3) is 0 Å². The second-order valence-corrected chi connectivity index (χ2v) is 5.85. The van der Waals surface area contributed by atoms with Gasteiger partial charge in [-0.3, -0.25) is 9.69 Å². The van der Waals surface area contributed by atoms with E-state index in [1.54, 1.807) is 0 Å². The van der Waals surface area contributed by atoms with Crippen LogP contribution in [0, 0.1) is 12.8 Å². The molecular weight excluding hydrogens is 299 g/mol. The predicted octanol–water partition coefficient (Wildman–Crippen LogP) is 3.08. The lowest BCUT2D eigenvalue weighted by Gasteiger charge is -2.30. The molecule has 2 heterocycles. The Labute approximate surface area is 129 Å². The number of halogens is 2. The van der Waals surface area contributed by atoms with E-state index in [1.165, 1.54) is 7.11 Å². The fourth-order valence-electron chi connectivity index (χ4n) is 2.48. The highest BCUT2D eigenvalue weighted by Crippen LogP contribution is 2.27. The minimum absolute atomic E-state index is 0.0123. The minimum atomic E-state index is -0.113. The lowest BCUT2D eigenvalue weighted by molar-refractivity contribution is -0.147. The van der Waals surface area contributed by atoms with Crippen molar-refractivity contribution < 1.29 is 9.53 Å². The van der Waals surface area contributed by atoms with Crippen LogP contribution in [0.25, 0.3) is 0 Å². The van der Waals surface area contributed by atoms with Crippen molar-refractivity contribution in [1.82, 2.24) is 9.88 Å². The van der Waals surface area contributed by atoms with Gasteiger partial charge < -0.3 is 4.74 Å². The summed E-state index contributed by atoms with van der Waals surface area (Å²) >= 11 is 12.4. The highest BCUT2D eigenvalue weighted by atomic mass is 35.5. The zero-order valence-corrected chi connectivity index (χ0v) is 13.2. The monoisotopic (exact) mass is 316 g/mol. The van der Waals surface area contributed by atoms with Crippen LogP contribution < -0.4 is 0 Å². The van der Waals surface area contributed by atoms with E-state index in [4.69, 9.17) is 27.9 Å². The van der Waals surface area contributed by atoms with Crippen LogP contribution in [-0.2, 0) is 16.1 Å². The summed E-state index contributed by atoms with van der Waals surface area (Å²) in [6.45, 7) is 4.20. The molecule has 0 unspecified atom stereocenters. The van der Waals surface area contributed by atoms with Crippen molar-refractivity contribution in [2.45, 2.75) is 26.3 Å². The van der Waals surface area contributed by atoms with Crippen LogP contribution in [-0.4, -0.2) is 36.1 Å². The van der Waals surface area contributed by atoms with E-state index < -0.39 is 0 Å².